The quantitative estimate of drug-likeness (QED) is 0.300. The third kappa shape index (κ3) is 5.26. The van der Waals surface area contributed by atoms with E-state index in [4.69, 9.17) is 14.9 Å². The van der Waals surface area contributed by atoms with Crippen LogP contribution in [0.1, 0.15) is 23.1 Å². The maximum atomic E-state index is 12.8. The zero-order valence-electron chi connectivity index (χ0n) is 19.8. The highest BCUT2D eigenvalue weighted by Gasteiger charge is 2.36. The van der Waals surface area contributed by atoms with E-state index in [1.165, 1.54) is 17.3 Å². The molecule has 6 nitrogen and oxygen atoms in total. The summed E-state index contributed by atoms with van der Waals surface area (Å²) in [6.45, 7) is 3.11. The second-order valence-corrected chi connectivity index (χ2v) is 9.20. The molecule has 7 heteroatoms. The summed E-state index contributed by atoms with van der Waals surface area (Å²) in [5.41, 5.74) is 4.02. The van der Waals surface area contributed by atoms with Crippen molar-refractivity contribution >= 4 is 40.4 Å². The number of hydrogen-bond donors (Lipinski definition) is 1. The number of amidine groups is 2. The zero-order chi connectivity index (χ0) is 24.9. The van der Waals surface area contributed by atoms with E-state index in [1.54, 1.807) is 11.0 Å². The van der Waals surface area contributed by atoms with E-state index >= 15 is 0 Å². The Hall–Kier alpha value is -4.10. The Labute approximate surface area is 214 Å². The number of hydrogen-bond acceptors (Lipinski definition) is 5. The second kappa shape index (κ2) is 10.7. The van der Waals surface area contributed by atoms with Crippen LogP contribution < -0.4 is 9.47 Å². The Bertz CT molecular complexity index is 1380. The Balaban J connectivity index is 1.23. The fraction of sp³-hybridized carbons (Fsp3) is 0.138. The van der Waals surface area contributed by atoms with Gasteiger partial charge >= 0.3 is 0 Å². The van der Waals surface area contributed by atoms with E-state index in [9.17, 15) is 4.79 Å². The number of aryl methyl sites for hydroxylation is 1. The summed E-state index contributed by atoms with van der Waals surface area (Å²) >= 11 is 1.35. The first-order valence-corrected chi connectivity index (χ1v) is 12.5. The molecule has 0 spiro atoms. The molecule has 0 fully saturated rings. The largest absolute Gasteiger partial charge is 0.493 e. The van der Waals surface area contributed by atoms with Gasteiger partial charge < -0.3 is 9.47 Å². The van der Waals surface area contributed by atoms with Gasteiger partial charge in [0.2, 0.25) is 0 Å². The molecule has 0 unspecified atom stereocenters. The molecule has 0 aromatic heterocycles. The van der Waals surface area contributed by atoms with Crippen molar-refractivity contribution in [3.05, 3.63) is 107 Å². The Morgan fingerprint density at radius 3 is 2.47 bits per heavy atom. The van der Waals surface area contributed by atoms with Crippen molar-refractivity contribution in [3.63, 3.8) is 0 Å². The summed E-state index contributed by atoms with van der Waals surface area (Å²) in [5.74, 6) is 1.24. The molecule has 2 aliphatic heterocycles. The van der Waals surface area contributed by atoms with Crippen molar-refractivity contribution in [2.24, 2.45) is 4.99 Å². The molecule has 3 aromatic rings. The van der Waals surface area contributed by atoms with Crippen molar-refractivity contribution < 1.29 is 14.3 Å². The molecule has 180 valence electrons. The lowest BCUT2D eigenvalue weighted by molar-refractivity contribution is -0.114. The maximum Gasteiger partial charge on any atom is 0.283 e. The Morgan fingerprint density at radius 1 is 0.944 bits per heavy atom. The van der Waals surface area contributed by atoms with Crippen LogP contribution in [-0.2, 0) is 4.79 Å². The van der Waals surface area contributed by atoms with Gasteiger partial charge in [-0.05, 0) is 48.4 Å². The van der Waals surface area contributed by atoms with Gasteiger partial charge in [-0.25, -0.2) is 0 Å². The number of thioether (sulfide) groups is 1. The highest BCUT2D eigenvalue weighted by Crippen LogP contribution is 2.37. The first-order valence-electron chi connectivity index (χ1n) is 11.7. The van der Waals surface area contributed by atoms with Crippen molar-refractivity contribution in [2.45, 2.75) is 13.3 Å². The van der Waals surface area contributed by atoms with E-state index in [2.05, 4.69) is 4.99 Å². The van der Waals surface area contributed by atoms with E-state index in [0.29, 0.717) is 24.1 Å². The molecular formula is C29H25N3O3S. The molecule has 3 aromatic carbocycles. The van der Waals surface area contributed by atoms with E-state index in [0.717, 1.165) is 29.0 Å². The van der Waals surface area contributed by atoms with Crippen molar-refractivity contribution in [3.8, 4) is 11.5 Å². The summed E-state index contributed by atoms with van der Waals surface area (Å²) in [4.78, 5) is 18.7. The highest BCUT2D eigenvalue weighted by atomic mass is 32.2. The summed E-state index contributed by atoms with van der Waals surface area (Å²) in [5, 5.41) is 11.2. The summed E-state index contributed by atoms with van der Waals surface area (Å²) in [6, 6.07) is 25.3. The van der Waals surface area contributed by atoms with Gasteiger partial charge in [0, 0.05) is 11.8 Å². The van der Waals surface area contributed by atoms with Gasteiger partial charge in [-0.3, -0.25) is 15.1 Å². The number of nitrogens with one attached hydrogen (secondary N) is 1. The van der Waals surface area contributed by atoms with Crippen LogP contribution in [0.3, 0.4) is 0 Å². The van der Waals surface area contributed by atoms with Crippen LogP contribution in [0.5, 0.6) is 11.5 Å². The molecule has 0 aliphatic carbocycles. The highest BCUT2D eigenvalue weighted by molar-refractivity contribution is 8.17. The summed E-state index contributed by atoms with van der Waals surface area (Å²) in [6.07, 6.45) is 2.44. The summed E-state index contributed by atoms with van der Waals surface area (Å²) in [7, 11) is 0. The van der Waals surface area contributed by atoms with Gasteiger partial charge in [-0.15, -0.1) is 0 Å². The van der Waals surface area contributed by atoms with E-state index < -0.39 is 5.91 Å². The van der Waals surface area contributed by atoms with Crippen molar-refractivity contribution in [1.29, 1.82) is 5.41 Å². The molecule has 1 N–H and O–H groups in total. The van der Waals surface area contributed by atoms with E-state index in [1.807, 2.05) is 91.2 Å². The lowest BCUT2D eigenvalue weighted by Crippen LogP contribution is -2.38. The Morgan fingerprint density at radius 2 is 1.69 bits per heavy atom. The fourth-order valence-electron chi connectivity index (χ4n) is 3.85. The molecule has 0 radical (unpaired) electrons. The minimum Gasteiger partial charge on any atom is -0.493 e. The molecule has 1 amide bonds. The molecule has 2 heterocycles. The average Bonchev–Trinajstić information content (AvgIpc) is 3.32. The number of fused-ring (bicyclic) bond motifs is 1. The molecule has 5 rings (SSSR count). The number of carbonyl (C=O) groups is 1. The summed E-state index contributed by atoms with van der Waals surface area (Å²) < 4.78 is 11.6. The van der Waals surface area contributed by atoms with Crippen LogP contribution >= 0.6 is 11.8 Å². The first kappa shape index (κ1) is 23.6. The minimum atomic E-state index is -0.416. The smallest absolute Gasteiger partial charge is 0.283 e. The third-order valence-corrected chi connectivity index (χ3v) is 6.53. The second-order valence-electron chi connectivity index (χ2n) is 8.36. The molecule has 0 saturated heterocycles. The predicted octanol–water partition coefficient (Wildman–Crippen LogP) is 6.15. The van der Waals surface area contributed by atoms with Crippen molar-refractivity contribution in [1.82, 2.24) is 4.90 Å². The monoisotopic (exact) mass is 495 g/mol. The Kier molecular flexibility index (Phi) is 7.00. The van der Waals surface area contributed by atoms with Gasteiger partial charge in [0.05, 0.1) is 24.5 Å². The number of nitrogens with zero attached hydrogens (tertiary/aromatic N) is 2. The molecule has 0 bridgehead atoms. The van der Waals surface area contributed by atoms with Gasteiger partial charge in [0.25, 0.3) is 5.91 Å². The average molecular weight is 496 g/mol. The maximum absolute atomic E-state index is 12.8. The normalized spacial score (nSPS) is 16.0. The lowest BCUT2D eigenvalue weighted by atomic mass is 10.1. The van der Waals surface area contributed by atoms with E-state index in [-0.39, 0.29) is 11.4 Å². The minimum absolute atomic E-state index is 0.115. The standard InChI is InChI=1S/C29H25N3O3S/c1-20-11-13-23(14-12-20)34-15-6-16-35-24-10-5-7-21(17-24)18-25-27(30)32-26(22-8-3-2-4-9-22)19-36-29(32)31-28(25)33/h2-5,7-14,17-19,30H,6,15-16H2,1H3. The topological polar surface area (TPSA) is 75.0 Å². The van der Waals surface area contributed by atoms with Crippen LogP contribution in [0.15, 0.2) is 94.8 Å². The van der Waals surface area contributed by atoms with Crippen LogP contribution in [0.2, 0.25) is 0 Å². The number of carbonyl (C=O) groups excluding carboxylic acids is 1. The first-order chi connectivity index (χ1) is 17.6. The van der Waals surface area contributed by atoms with Crippen molar-refractivity contribution in [2.75, 3.05) is 13.2 Å². The number of rotatable bonds is 8. The van der Waals surface area contributed by atoms with Crippen LogP contribution in [0.4, 0.5) is 0 Å². The van der Waals surface area contributed by atoms with Crippen LogP contribution in [0.25, 0.3) is 11.8 Å². The number of benzene rings is 3. The van der Waals surface area contributed by atoms with Gasteiger partial charge in [0.15, 0.2) is 5.17 Å². The van der Waals surface area contributed by atoms with Gasteiger partial charge in [-0.2, -0.15) is 4.99 Å². The lowest BCUT2D eigenvalue weighted by Gasteiger charge is -2.26. The fourth-order valence-corrected chi connectivity index (χ4v) is 4.74. The van der Waals surface area contributed by atoms with Gasteiger partial charge in [0.1, 0.15) is 17.3 Å². The third-order valence-electron chi connectivity index (χ3n) is 5.70. The molecule has 0 atom stereocenters. The number of amides is 1. The molecular weight excluding hydrogens is 470 g/mol. The zero-order valence-corrected chi connectivity index (χ0v) is 20.6. The van der Waals surface area contributed by atoms with Crippen LogP contribution in [-0.4, -0.2) is 35.0 Å². The number of aliphatic imine (C=N–C) groups is 1. The molecule has 2 aliphatic rings. The molecule has 0 saturated carbocycles. The van der Waals surface area contributed by atoms with Gasteiger partial charge in [-0.1, -0.05) is 71.9 Å². The SMILES string of the molecule is Cc1ccc(OCCCOc2cccc(C=C3C(=N)N4C(c5ccccc5)=CSC4=NC3=O)c2)cc1. The molecule has 36 heavy (non-hydrogen) atoms. The number of ether oxygens (including phenoxy) is 2. The predicted molar refractivity (Wildman–Crippen MR) is 145 cm³/mol. The van der Waals surface area contributed by atoms with Crippen LogP contribution in [0, 0.1) is 12.3 Å².